The first-order valence-electron chi connectivity index (χ1n) is 5.81. The normalized spacial score (nSPS) is 10.3. The summed E-state index contributed by atoms with van der Waals surface area (Å²) in [5.74, 6) is 0.153. The Bertz CT molecular complexity index is 562. The lowest BCUT2D eigenvalue weighted by Gasteiger charge is -2.21. The molecule has 2 aromatic rings. The maximum Gasteiger partial charge on any atom is 0.263 e. The summed E-state index contributed by atoms with van der Waals surface area (Å²) < 4.78 is 0. The number of hydrogen-bond donors (Lipinski definition) is 2. The van der Waals surface area contributed by atoms with E-state index < -0.39 is 0 Å². The van der Waals surface area contributed by atoms with Crippen LogP contribution in [0.25, 0.3) is 0 Å². The van der Waals surface area contributed by atoms with E-state index in [0.29, 0.717) is 17.9 Å². The largest absolute Gasteiger partial charge is 0.383 e. The van der Waals surface area contributed by atoms with Gasteiger partial charge < -0.3 is 10.6 Å². The molecule has 1 heterocycles. The predicted octanol–water partition coefficient (Wildman–Crippen LogP) is 1.97. The van der Waals surface area contributed by atoms with Crippen LogP contribution in [0, 0.1) is 6.92 Å². The third kappa shape index (κ3) is 2.20. The van der Waals surface area contributed by atoms with Crippen molar-refractivity contribution in [1.82, 2.24) is 10.2 Å². The average molecular weight is 244 g/mol. The van der Waals surface area contributed by atoms with Gasteiger partial charge in [0.2, 0.25) is 0 Å². The molecule has 1 amide bonds. The number of anilines is 2. The zero-order valence-electron chi connectivity index (χ0n) is 10.5. The number of nitrogens with zero attached hydrogens (tertiary/aromatic N) is 2. The molecular formula is C13H16N4O. The molecule has 0 bridgehead atoms. The quantitative estimate of drug-likeness (QED) is 0.866. The second-order valence-electron chi connectivity index (χ2n) is 4.09. The van der Waals surface area contributed by atoms with Crippen LogP contribution in [0.2, 0.25) is 0 Å². The summed E-state index contributed by atoms with van der Waals surface area (Å²) in [6.07, 6.45) is 1.45. The Kier molecular flexibility index (Phi) is 3.32. The van der Waals surface area contributed by atoms with Gasteiger partial charge in [-0.05, 0) is 31.5 Å². The third-order valence-corrected chi connectivity index (χ3v) is 2.77. The Labute approximate surface area is 106 Å². The molecule has 0 aliphatic carbocycles. The standard InChI is InChI=1S/C13H16N4O/c1-3-17(10-6-4-5-9(2)7-10)13(18)11-8-15-16-12(11)14/h4-8H,3H2,1-2H3,(H3,14,15,16). The minimum Gasteiger partial charge on any atom is -0.383 e. The number of benzene rings is 1. The summed E-state index contributed by atoms with van der Waals surface area (Å²) >= 11 is 0. The van der Waals surface area contributed by atoms with Crippen molar-refractivity contribution >= 4 is 17.4 Å². The van der Waals surface area contributed by atoms with Gasteiger partial charge in [-0.25, -0.2) is 0 Å². The highest BCUT2D eigenvalue weighted by Gasteiger charge is 2.19. The molecule has 18 heavy (non-hydrogen) atoms. The first-order valence-corrected chi connectivity index (χ1v) is 5.81. The number of H-pyrrole nitrogens is 1. The van der Waals surface area contributed by atoms with Gasteiger partial charge in [-0.3, -0.25) is 9.89 Å². The van der Waals surface area contributed by atoms with E-state index in [2.05, 4.69) is 10.2 Å². The number of aromatic amines is 1. The molecule has 5 heteroatoms. The molecule has 0 fully saturated rings. The van der Waals surface area contributed by atoms with Crippen LogP contribution < -0.4 is 10.6 Å². The van der Waals surface area contributed by atoms with E-state index in [1.165, 1.54) is 6.20 Å². The second-order valence-corrected chi connectivity index (χ2v) is 4.09. The Morgan fingerprint density at radius 3 is 2.83 bits per heavy atom. The smallest absolute Gasteiger partial charge is 0.263 e. The number of aromatic nitrogens is 2. The molecule has 0 atom stereocenters. The molecule has 0 radical (unpaired) electrons. The predicted molar refractivity (Wildman–Crippen MR) is 71.5 cm³/mol. The number of rotatable bonds is 3. The number of aryl methyl sites for hydroxylation is 1. The van der Waals surface area contributed by atoms with Crippen LogP contribution in [0.3, 0.4) is 0 Å². The molecule has 5 nitrogen and oxygen atoms in total. The molecule has 0 spiro atoms. The molecular weight excluding hydrogens is 228 g/mol. The van der Waals surface area contributed by atoms with Crippen molar-refractivity contribution in [3.63, 3.8) is 0 Å². The molecule has 0 aliphatic heterocycles. The van der Waals surface area contributed by atoms with Crippen molar-refractivity contribution in [3.8, 4) is 0 Å². The van der Waals surface area contributed by atoms with Crippen molar-refractivity contribution in [3.05, 3.63) is 41.6 Å². The topological polar surface area (TPSA) is 75.0 Å². The zero-order chi connectivity index (χ0) is 13.1. The number of amides is 1. The van der Waals surface area contributed by atoms with Gasteiger partial charge in [-0.2, -0.15) is 5.10 Å². The summed E-state index contributed by atoms with van der Waals surface area (Å²) in [6.45, 7) is 4.50. The van der Waals surface area contributed by atoms with Gasteiger partial charge >= 0.3 is 0 Å². The van der Waals surface area contributed by atoms with Crippen LogP contribution >= 0.6 is 0 Å². The molecule has 94 valence electrons. The SMILES string of the molecule is CCN(C(=O)c1cn[nH]c1N)c1cccc(C)c1. The summed E-state index contributed by atoms with van der Waals surface area (Å²) in [4.78, 5) is 14.0. The molecule has 3 N–H and O–H groups in total. The Morgan fingerprint density at radius 1 is 1.50 bits per heavy atom. The van der Waals surface area contributed by atoms with E-state index in [1.807, 2.05) is 38.1 Å². The van der Waals surface area contributed by atoms with Gasteiger partial charge in [0.05, 0.1) is 6.20 Å². The van der Waals surface area contributed by atoms with E-state index in [-0.39, 0.29) is 5.91 Å². The van der Waals surface area contributed by atoms with Gasteiger partial charge in [0.25, 0.3) is 5.91 Å². The van der Waals surface area contributed by atoms with Crippen LogP contribution in [0.5, 0.6) is 0 Å². The van der Waals surface area contributed by atoms with E-state index in [9.17, 15) is 4.79 Å². The van der Waals surface area contributed by atoms with Crippen LogP contribution in [0.15, 0.2) is 30.5 Å². The molecule has 0 aliphatic rings. The Hall–Kier alpha value is -2.30. The zero-order valence-corrected chi connectivity index (χ0v) is 10.5. The molecule has 2 rings (SSSR count). The fourth-order valence-corrected chi connectivity index (χ4v) is 1.85. The van der Waals surface area contributed by atoms with Gasteiger partial charge in [0.15, 0.2) is 0 Å². The van der Waals surface area contributed by atoms with E-state index in [0.717, 1.165) is 11.3 Å². The minimum atomic E-state index is -0.144. The highest BCUT2D eigenvalue weighted by molar-refractivity contribution is 6.08. The van der Waals surface area contributed by atoms with Crippen molar-refractivity contribution in [2.75, 3.05) is 17.2 Å². The monoisotopic (exact) mass is 244 g/mol. The lowest BCUT2D eigenvalue weighted by Crippen LogP contribution is -2.30. The van der Waals surface area contributed by atoms with E-state index >= 15 is 0 Å². The van der Waals surface area contributed by atoms with Crippen molar-refractivity contribution < 1.29 is 4.79 Å². The van der Waals surface area contributed by atoms with Crippen molar-refractivity contribution in [2.45, 2.75) is 13.8 Å². The van der Waals surface area contributed by atoms with E-state index in [4.69, 9.17) is 5.73 Å². The number of nitrogens with one attached hydrogen (secondary N) is 1. The summed E-state index contributed by atoms with van der Waals surface area (Å²) in [5.41, 5.74) is 8.05. The summed E-state index contributed by atoms with van der Waals surface area (Å²) in [7, 11) is 0. The maximum absolute atomic E-state index is 12.4. The van der Waals surface area contributed by atoms with Crippen molar-refractivity contribution in [2.24, 2.45) is 0 Å². The Morgan fingerprint density at radius 2 is 2.28 bits per heavy atom. The van der Waals surface area contributed by atoms with Crippen LogP contribution in [0.4, 0.5) is 11.5 Å². The first-order chi connectivity index (χ1) is 8.63. The van der Waals surface area contributed by atoms with Gasteiger partial charge in [0.1, 0.15) is 11.4 Å². The Balaban J connectivity index is 2.35. The second kappa shape index (κ2) is 4.91. The fourth-order valence-electron chi connectivity index (χ4n) is 1.85. The maximum atomic E-state index is 12.4. The lowest BCUT2D eigenvalue weighted by molar-refractivity contribution is 0.0989. The minimum absolute atomic E-state index is 0.144. The number of carbonyl (C=O) groups excluding carboxylic acids is 1. The summed E-state index contributed by atoms with van der Waals surface area (Å²) in [6, 6.07) is 7.80. The van der Waals surface area contributed by atoms with Crippen molar-refractivity contribution in [1.29, 1.82) is 0 Å². The molecule has 0 unspecified atom stereocenters. The van der Waals surface area contributed by atoms with Crippen LogP contribution in [-0.2, 0) is 0 Å². The van der Waals surface area contributed by atoms with Gasteiger partial charge in [-0.15, -0.1) is 0 Å². The average Bonchev–Trinajstić information content (AvgIpc) is 2.76. The molecule has 1 aromatic heterocycles. The number of carbonyl (C=O) groups is 1. The number of nitrogens with two attached hydrogens (primary N) is 1. The highest BCUT2D eigenvalue weighted by atomic mass is 16.2. The van der Waals surface area contributed by atoms with Gasteiger partial charge in [-0.1, -0.05) is 12.1 Å². The lowest BCUT2D eigenvalue weighted by atomic mass is 10.2. The van der Waals surface area contributed by atoms with Gasteiger partial charge in [0, 0.05) is 12.2 Å². The van der Waals surface area contributed by atoms with Crippen LogP contribution in [-0.4, -0.2) is 22.6 Å². The molecule has 1 aromatic carbocycles. The highest BCUT2D eigenvalue weighted by Crippen LogP contribution is 2.19. The summed E-state index contributed by atoms with van der Waals surface area (Å²) in [5, 5.41) is 6.34. The molecule has 0 saturated heterocycles. The number of hydrogen-bond acceptors (Lipinski definition) is 3. The number of nitrogen functional groups attached to an aromatic ring is 1. The van der Waals surface area contributed by atoms with E-state index in [1.54, 1.807) is 4.90 Å². The fraction of sp³-hybridized carbons (Fsp3) is 0.231. The third-order valence-electron chi connectivity index (χ3n) is 2.77. The first kappa shape index (κ1) is 12.2. The van der Waals surface area contributed by atoms with Crippen LogP contribution in [0.1, 0.15) is 22.8 Å². The molecule has 0 saturated carbocycles.